The van der Waals surface area contributed by atoms with Gasteiger partial charge in [-0.1, -0.05) is 19.1 Å². The van der Waals surface area contributed by atoms with Crippen LogP contribution in [0, 0.1) is 5.92 Å². The maximum atomic E-state index is 13.3. The Bertz CT molecular complexity index is 2190. The minimum Gasteiger partial charge on any atom is -0.493 e. The molecular formula is C54H74N2O12+2. The number of rotatable bonds is 24. The summed E-state index contributed by atoms with van der Waals surface area (Å²) >= 11 is 0. The number of ether oxygens (including phenoxy) is 10. The van der Waals surface area contributed by atoms with Gasteiger partial charge in [0.05, 0.1) is 123 Å². The van der Waals surface area contributed by atoms with Gasteiger partial charge in [0, 0.05) is 36.8 Å². The molecule has 370 valence electrons. The lowest BCUT2D eigenvalue weighted by molar-refractivity contribution is -0.940. The Kier molecular flexibility index (Phi) is 17.8. The second kappa shape index (κ2) is 23.4. The van der Waals surface area contributed by atoms with Gasteiger partial charge in [0.2, 0.25) is 0 Å². The fourth-order valence-electron chi connectivity index (χ4n) is 10.0. The highest BCUT2D eigenvalue weighted by atomic mass is 16.5. The largest absolute Gasteiger partial charge is 0.493 e. The van der Waals surface area contributed by atoms with Crippen molar-refractivity contribution in [2.75, 3.05) is 110 Å². The minimum atomic E-state index is -0.218. The maximum Gasteiger partial charge on any atom is 0.311 e. The van der Waals surface area contributed by atoms with E-state index in [0.717, 1.165) is 49.9 Å². The fraction of sp³-hybridized carbons (Fsp3) is 0.519. The lowest BCUT2D eigenvalue weighted by Crippen LogP contribution is -2.53. The fourth-order valence-corrected chi connectivity index (χ4v) is 10.0. The molecule has 0 N–H and O–H groups in total. The molecule has 0 unspecified atom stereocenters. The van der Waals surface area contributed by atoms with Gasteiger partial charge in [-0.25, -0.2) is 0 Å². The number of carbonyl (C=O) groups is 2. The molecular weight excluding hydrogens is 869 g/mol. The first-order chi connectivity index (χ1) is 32.7. The Morgan fingerprint density at radius 1 is 0.500 bits per heavy atom. The molecule has 68 heavy (non-hydrogen) atoms. The van der Waals surface area contributed by atoms with Gasteiger partial charge < -0.3 is 56.3 Å². The van der Waals surface area contributed by atoms with Crippen LogP contribution in [0.15, 0.2) is 60.7 Å². The van der Waals surface area contributed by atoms with E-state index in [2.05, 4.69) is 57.4 Å². The molecule has 0 aliphatic carbocycles. The van der Waals surface area contributed by atoms with Crippen molar-refractivity contribution >= 4 is 11.9 Å². The number of likely N-dealkylation sites (N-methyl/N-ethyl adjacent to an activating group) is 2. The number of quaternary nitrogens is 2. The van der Waals surface area contributed by atoms with Gasteiger partial charge in [-0.15, -0.1) is 0 Å². The SMILES string of the molecule is COc1ccc(C[C@@H]2c3cc(OC)c(OC)cc3CC[N@+]2(C)CCC(=O)OCCC(C)CCOC(=O)CC[N@@+]2(C)CCc3cc(OC)c(OC)cc3[C@H]2Cc2ccc(OC)c(OC)c2)cc1OC. The summed E-state index contributed by atoms with van der Waals surface area (Å²) in [5.74, 6) is 5.24. The average molecular weight is 943 g/mol. The second-order valence-corrected chi connectivity index (χ2v) is 18.6. The van der Waals surface area contributed by atoms with Gasteiger partial charge in [0.15, 0.2) is 46.0 Å². The van der Waals surface area contributed by atoms with E-state index < -0.39 is 0 Å². The van der Waals surface area contributed by atoms with E-state index in [1.807, 2.05) is 24.3 Å². The molecule has 2 aliphatic heterocycles. The molecule has 2 aliphatic rings. The van der Waals surface area contributed by atoms with Gasteiger partial charge >= 0.3 is 11.9 Å². The van der Waals surface area contributed by atoms with Gasteiger partial charge in [-0.3, -0.25) is 9.59 Å². The Morgan fingerprint density at radius 3 is 1.19 bits per heavy atom. The number of hydrogen-bond acceptors (Lipinski definition) is 12. The maximum absolute atomic E-state index is 13.3. The van der Waals surface area contributed by atoms with E-state index in [0.29, 0.717) is 94.1 Å². The summed E-state index contributed by atoms with van der Waals surface area (Å²) in [6, 6.07) is 20.5. The Labute approximate surface area is 403 Å². The number of methoxy groups -OCH3 is 8. The van der Waals surface area contributed by atoms with Crippen LogP contribution in [0.5, 0.6) is 46.0 Å². The van der Waals surface area contributed by atoms with Crippen molar-refractivity contribution < 1.29 is 65.9 Å². The van der Waals surface area contributed by atoms with Gasteiger partial charge in [-0.05, 0) is 89.5 Å². The predicted molar refractivity (Wildman–Crippen MR) is 260 cm³/mol. The van der Waals surface area contributed by atoms with E-state index in [1.54, 1.807) is 56.9 Å². The molecule has 0 fully saturated rings. The molecule has 6 rings (SSSR count). The number of carbonyl (C=O) groups excluding carboxylic acids is 2. The van der Waals surface area contributed by atoms with Crippen LogP contribution in [-0.2, 0) is 44.7 Å². The molecule has 4 aromatic rings. The highest BCUT2D eigenvalue weighted by molar-refractivity contribution is 5.69. The number of benzene rings is 4. The number of nitrogens with zero attached hydrogens (tertiary/aromatic N) is 2. The topological polar surface area (TPSA) is 126 Å². The highest BCUT2D eigenvalue weighted by Gasteiger charge is 2.42. The summed E-state index contributed by atoms with van der Waals surface area (Å²) in [5.41, 5.74) is 7.00. The molecule has 0 saturated carbocycles. The molecule has 14 nitrogen and oxygen atoms in total. The van der Waals surface area contributed by atoms with Crippen molar-refractivity contribution in [3.8, 4) is 46.0 Å². The zero-order valence-corrected chi connectivity index (χ0v) is 42.2. The van der Waals surface area contributed by atoms with E-state index >= 15 is 0 Å². The molecule has 0 saturated heterocycles. The molecule has 4 aromatic carbocycles. The molecule has 2 heterocycles. The van der Waals surface area contributed by atoms with Gasteiger partial charge in [-0.2, -0.15) is 0 Å². The summed E-state index contributed by atoms with van der Waals surface area (Å²) < 4.78 is 58.0. The van der Waals surface area contributed by atoms with E-state index in [9.17, 15) is 9.59 Å². The van der Waals surface area contributed by atoms with E-state index in [-0.39, 0.29) is 42.8 Å². The van der Waals surface area contributed by atoms with Gasteiger partial charge in [0.25, 0.3) is 0 Å². The summed E-state index contributed by atoms with van der Waals surface area (Å²) in [4.78, 5) is 26.6. The third kappa shape index (κ3) is 12.0. The normalized spacial score (nSPS) is 19.5. The molecule has 0 bridgehead atoms. The van der Waals surface area contributed by atoms with Crippen LogP contribution in [0.3, 0.4) is 0 Å². The zero-order chi connectivity index (χ0) is 49.0. The zero-order valence-electron chi connectivity index (χ0n) is 42.2. The van der Waals surface area contributed by atoms with Crippen LogP contribution >= 0.6 is 0 Å². The van der Waals surface area contributed by atoms with Crippen molar-refractivity contribution in [3.05, 3.63) is 94.0 Å². The monoisotopic (exact) mass is 943 g/mol. The third-order valence-electron chi connectivity index (χ3n) is 14.5. The van der Waals surface area contributed by atoms with Crippen LogP contribution in [0.4, 0.5) is 0 Å². The van der Waals surface area contributed by atoms with Crippen LogP contribution in [-0.4, -0.2) is 131 Å². The highest BCUT2D eigenvalue weighted by Crippen LogP contribution is 2.45. The van der Waals surface area contributed by atoms with Crippen LogP contribution in [0.2, 0.25) is 0 Å². The van der Waals surface area contributed by atoms with E-state index in [1.165, 1.54) is 22.3 Å². The third-order valence-corrected chi connectivity index (χ3v) is 14.5. The van der Waals surface area contributed by atoms with Crippen molar-refractivity contribution in [1.82, 2.24) is 0 Å². The van der Waals surface area contributed by atoms with Crippen LogP contribution in [0.25, 0.3) is 0 Å². The minimum absolute atomic E-state index is 0.0347. The number of fused-ring (bicyclic) bond motifs is 2. The number of hydrogen-bond donors (Lipinski definition) is 0. The molecule has 0 amide bonds. The van der Waals surface area contributed by atoms with Crippen molar-refractivity contribution in [3.63, 3.8) is 0 Å². The molecule has 14 heteroatoms. The lowest BCUT2D eigenvalue weighted by atomic mass is 9.86. The van der Waals surface area contributed by atoms with Crippen LogP contribution < -0.4 is 37.9 Å². The molecule has 0 radical (unpaired) electrons. The molecule has 4 atom stereocenters. The van der Waals surface area contributed by atoms with E-state index in [4.69, 9.17) is 47.4 Å². The van der Waals surface area contributed by atoms with Crippen molar-refractivity contribution in [2.45, 2.75) is 70.4 Å². The Morgan fingerprint density at radius 2 is 0.838 bits per heavy atom. The first kappa shape index (κ1) is 51.5. The molecule has 0 aromatic heterocycles. The average Bonchev–Trinajstić information content (AvgIpc) is 3.35. The Balaban J connectivity index is 1.01. The quantitative estimate of drug-likeness (QED) is 0.0496. The second-order valence-electron chi connectivity index (χ2n) is 18.6. The summed E-state index contributed by atoms with van der Waals surface area (Å²) in [7, 11) is 17.6. The van der Waals surface area contributed by atoms with Crippen molar-refractivity contribution in [1.29, 1.82) is 0 Å². The van der Waals surface area contributed by atoms with Gasteiger partial charge in [0.1, 0.15) is 12.1 Å². The lowest BCUT2D eigenvalue weighted by Gasteiger charge is -2.46. The smallest absolute Gasteiger partial charge is 0.311 e. The predicted octanol–water partition coefficient (Wildman–Crippen LogP) is 8.31. The molecule has 0 spiro atoms. The summed E-state index contributed by atoms with van der Waals surface area (Å²) in [6.07, 6.45) is 5.03. The first-order valence-corrected chi connectivity index (χ1v) is 23.7. The number of esters is 2. The van der Waals surface area contributed by atoms with Crippen molar-refractivity contribution in [2.24, 2.45) is 5.92 Å². The first-order valence-electron chi connectivity index (χ1n) is 23.7. The summed E-state index contributed by atoms with van der Waals surface area (Å²) in [6.45, 7) is 5.63. The Hall–Kier alpha value is -5.86. The van der Waals surface area contributed by atoms with Crippen LogP contribution in [0.1, 0.15) is 78.1 Å². The standard InChI is InChI=1S/C54H74N2O12/c1-36(20-26-67-53(57)18-24-55(2)22-16-39-32-49(63-8)51(65-10)34-41(39)43(55)28-37-12-14-45(59-4)47(30-37)61-6)21-27-68-54(58)19-25-56(3)23-17-40-33-50(64-9)52(66-11)35-42(40)44(56)29-38-13-15-46(60-5)48(31-38)62-7/h12-15,30-36,43-44H,16-29H2,1-11H3/q+2/t43-,44-,55-,56-/m1/s1. The summed E-state index contributed by atoms with van der Waals surface area (Å²) in [5, 5.41) is 0.